The van der Waals surface area contributed by atoms with Crippen molar-refractivity contribution in [2.24, 2.45) is 0 Å². The Labute approximate surface area is 367 Å². The lowest BCUT2D eigenvalue weighted by Crippen LogP contribution is -2.67. The number of rotatable bonds is 16. The van der Waals surface area contributed by atoms with Gasteiger partial charge in [0.25, 0.3) is 20.1 Å². The van der Waals surface area contributed by atoms with E-state index in [9.17, 15) is 18.0 Å². The van der Waals surface area contributed by atoms with Gasteiger partial charge in [-0.25, -0.2) is 9.78 Å². The SMILES string of the molecule is CC(CCCCC[C@@](OCc1ccccc1)(c1nnc(-c2nc(Br)c(C(F)(F)F)cc2NC(=O)OC(C)(C)C)o1)C(F)(F)F)O[Si](c1ccccc1)(c1ccccc1)C(C)(C)C. The minimum absolute atomic E-state index is 0.00741. The minimum Gasteiger partial charge on any atom is -0.444 e. The number of ether oxygens (including phenoxy) is 2. The van der Waals surface area contributed by atoms with Gasteiger partial charge < -0.3 is 18.3 Å². The largest absolute Gasteiger partial charge is 0.444 e. The molecule has 0 aliphatic heterocycles. The second-order valence-corrected chi connectivity index (χ2v) is 22.1. The molecule has 2 atom stereocenters. The lowest BCUT2D eigenvalue weighted by atomic mass is 9.94. The van der Waals surface area contributed by atoms with Crippen LogP contribution >= 0.6 is 15.9 Å². The van der Waals surface area contributed by atoms with Gasteiger partial charge in [-0.05, 0) is 89.9 Å². The van der Waals surface area contributed by atoms with E-state index in [-0.39, 0.29) is 17.6 Å². The van der Waals surface area contributed by atoms with Crippen LogP contribution in [-0.2, 0) is 32.3 Å². The lowest BCUT2D eigenvalue weighted by Gasteiger charge is -2.44. The topological polar surface area (TPSA) is 109 Å². The van der Waals surface area contributed by atoms with Crippen LogP contribution < -0.4 is 15.7 Å². The van der Waals surface area contributed by atoms with Gasteiger partial charge in [0.15, 0.2) is 5.69 Å². The summed E-state index contributed by atoms with van der Waals surface area (Å²) in [4.78, 5) is 16.6. The Morgan fingerprint density at radius 1 is 0.806 bits per heavy atom. The maximum Gasteiger partial charge on any atom is 0.426 e. The summed E-state index contributed by atoms with van der Waals surface area (Å²) in [6.07, 6.45) is -10.7. The second-order valence-electron chi connectivity index (χ2n) is 17.1. The van der Waals surface area contributed by atoms with E-state index in [2.05, 4.69) is 81.5 Å². The van der Waals surface area contributed by atoms with Crippen LogP contribution in [0.1, 0.15) is 97.6 Å². The minimum atomic E-state index is -5.11. The molecule has 2 heterocycles. The third-order valence-corrected chi connectivity index (χ3v) is 15.9. The summed E-state index contributed by atoms with van der Waals surface area (Å²) in [6, 6.07) is 29.1. The predicted octanol–water partition coefficient (Wildman–Crippen LogP) is 12.1. The van der Waals surface area contributed by atoms with Crippen molar-refractivity contribution >= 4 is 46.4 Å². The van der Waals surface area contributed by atoms with Crippen LogP contribution in [0.2, 0.25) is 5.04 Å². The Kier molecular flexibility index (Phi) is 15.2. The summed E-state index contributed by atoms with van der Waals surface area (Å²) >= 11 is 2.79. The fourth-order valence-corrected chi connectivity index (χ4v) is 12.5. The van der Waals surface area contributed by atoms with Crippen molar-refractivity contribution < 1.29 is 49.5 Å². The Balaban J connectivity index is 1.43. The van der Waals surface area contributed by atoms with E-state index in [0.29, 0.717) is 30.9 Å². The predicted molar refractivity (Wildman–Crippen MR) is 230 cm³/mol. The number of carbonyl (C=O) groups excluding carboxylic acids is 1. The van der Waals surface area contributed by atoms with Crippen molar-refractivity contribution in [3.05, 3.63) is 119 Å². The number of nitrogens with zero attached hydrogens (tertiary/aromatic N) is 3. The first kappa shape index (κ1) is 48.4. The van der Waals surface area contributed by atoms with Gasteiger partial charge in [0.1, 0.15) is 10.2 Å². The van der Waals surface area contributed by atoms with Gasteiger partial charge >= 0.3 is 18.4 Å². The Morgan fingerprint density at radius 3 is 1.89 bits per heavy atom. The Bertz CT molecular complexity index is 2190. The van der Waals surface area contributed by atoms with Crippen LogP contribution in [0.15, 0.2) is 106 Å². The number of anilines is 1. The van der Waals surface area contributed by atoms with Gasteiger partial charge in [0.2, 0.25) is 5.60 Å². The highest BCUT2D eigenvalue weighted by Crippen LogP contribution is 2.48. The standard InChI is InChI=1S/C45H51BrF6N4O5Si/c1-30(61-62(42(5,6)7,32-23-15-9-16-24-32)33-25-17-10-18-26-33)20-12-11-19-27-43(45(50,51)52,58-29-31-21-13-8-14-22-31)39-56-55-38(59-39)36-35(53-40(57)60-41(2,3)4)28-34(37(46)54-36)44(47,48)49/h8-10,13-18,21-26,28,30H,11-12,19-20,27,29H2,1-7H3,(H,53,57)/t30?,43-/m1/s1. The average Bonchev–Trinajstić information content (AvgIpc) is 3.68. The van der Waals surface area contributed by atoms with Crippen molar-refractivity contribution in [2.75, 3.05) is 5.32 Å². The van der Waals surface area contributed by atoms with Crippen LogP contribution in [0.3, 0.4) is 0 Å². The highest BCUT2D eigenvalue weighted by atomic mass is 79.9. The van der Waals surface area contributed by atoms with Crippen LogP contribution in [0.4, 0.5) is 36.8 Å². The Morgan fingerprint density at radius 2 is 1.37 bits per heavy atom. The van der Waals surface area contributed by atoms with Crippen LogP contribution in [0.25, 0.3) is 11.6 Å². The number of amides is 1. The average molecular weight is 950 g/mol. The number of hydrogen-bond donors (Lipinski definition) is 1. The number of halogens is 7. The first-order valence-corrected chi connectivity index (χ1v) is 22.8. The van der Waals surface area contributed by atoms with Gasteiger partial charge in [-0.1, -0.05) is 125 Å². The van der Waals surface area contributed by atoms with Crippen LogP contribution in [-0.4, -0.2) is 47.5 Å². The molecule has 17 heteroatoms. The molecule has 0 radical (unpaired) electrons. The van der Waals surface area contributed by atoms with E-state index < -0.39 is 84.3 Å². The van der Waals surface area contributed by atoms with E-state index in [4.69, 9.17) is 18.3 Å². The molecule has 0 saturated carbocycles. The molecule has 0 aliphatic carbocycles. The summed E-state index contributed by atoms with van der Waals surface area (Å²) in [5.41, 5.74) is -6.17. The number of carbonyl (C=O) groups is 1. The summed E-state index contributed by atoms with van der Waals surface area (Å²) < 4.78 is 112. The number of alkyl halides is 6. The number of unbranched alkanes of at least 4 members (excludes halogenated alkanes) is 2. The maximum atomic E-state index is 15.6. The Hall–Kier alpha value is -4.58. The third-order valence-electron chi connectivity index (χ3n) is 10.1. The normalized spacial score (nSPS) is 14.3. The second kappa shape index (κ2) is 19.4. The molecule has 0 aliphatic rings. The van der Waals surface area contributed by atoms with Gasteiger partial charge in [-0.15, -0.1) is 10.2 Å². The maximum absolute atomic E-state index is 15.6. The fourth-order valence-electron chi connectivity index (χ4n) is 7.24. The molecule has 0 saturated heterocycles. The molecule has 334 valence electrons. The summed E-state index contributed by atoms with van der Waals surface area (Å²) in [7, 11) is -2.88. The molecule has 1 amide bonds. The van der Waals surface area contributed by atoms with Gasteiger partial charge in [0, 0.05) is 6.10 Å². The number of hydrogen-bond acceptors (Lipinski definition) is 8. The molecule has 0 bridgehead atoms. The number of benzene rings is 3. The highest BCUT2D eigenvalue weighted by Gasteiger charge is 2.61. The van der Waals surface area contributed by atoms with E-state index in [1.807, 2.05) is 43.3 Å². The van der Waals surface area contributed by atoms with Crippen molar-refractivity contribution in [3.63, 3.8) is 0 Å². The molecule has 2 aromatic heterocycles. The molecule has 1 N–H and O–H groups in total. The quantitative estimate of drug-likeness (QED) is 0.0451. The molecule has 0 spiro atoms. The third kappa shape index (κ3) is 11.5. The zero-order valence-electron chi connectivity index (χ0n) is 35.6. The number of aromatic nitrogens is 3. The molecule has 9 nitrogen and oxygen atoms in total. The summed E-state index contributed by atoms with van der Waals surface area (Å²) in [5.74, 6) is -1.69. The monoisotopic (exact) mass is 948 g/mol. The number of pyridine rings is 1. The van der Waals surface area contributed by atoms with Crippen LogP contribution in [0.5, 0.6) is 0 Å². The fraction of sp³-hybridized carbons (Fsp3) is 0.422. The van der Waals surface area contributed by atoms with E-state index in [1.165, 1.54) is 20.8 Å². The zero-order valence-corrected chi connectivity index (χ0v) is 38.2. The molecule has 1 unspecified atom stereocenters. The summed E-state index contributed by atoms with van der Waals surface area (Å²) in [5, 5.41) is 11.7. The molecule has 62 heavy (non-hydrogen) atoms. The molecule has 5 aromatic rings. The molecule has 0 fully saturated rings. The van der Waals surface area contributed by atoms with Crippen LogP contribution in [0, 0.1) is 0 Å². The lowest BCUT2D eigenvalue weighted by molar-refractivity contribution is -0.300. The van der Waals surface area contributed by atoms with E-state index in [0.717, 1.165) is 10.4 Å². The van der Waals surface area contributed by atoms with Gasteiger partial charge in [-0.3, -0.25) is 5.32 Å². The molecule has 3 aromatic carbocycles. The van der Waals surface area contributed by atoms with Gasteiger partial charge in [-0.2, -0.15) is 26.3 Å². The van der Waals surface area contributed by atoms with Crippen molar-refractivity contribution in [1.82, 2.24) is 15.2 Å². The smallest absolute Gasteiger partial charge is 0.426 e. The first-order chi connectivity index (χ1) is 29.0. The number of nitrogens with one attached hydrogen (secondary N) is 1. The van der Waals surface area contributed by atoms with Crippen molar-refractivity contribution in [1.29, 1.82) is 0 Å². The molecular formula is C45H51BrF6N4O5Si. The van der Waals surface area contributed by atoms with Crippen molar-refractivity contribution in [3.8, 4) is 11.6 Å². The zero-order chi connectivity index (χ0) is 45.6. The van der Waals surface area contributed by atoms with E-state index in [1.54, 1.807) is 30.3 Å². The highest BCUT2D eigenvalue weighted by molar-refractivity contribution is 9.10. The van der Waals surface area contributed by atoms with Gasteiger partial charge in [0.05, 0.1) is 17.9 Å². The first-order valence-electron chi connectivity index (χ1n) is 20.1. The van der Waals surface area contributed by atoms with Crippen molar-refractivity contribution in [2.45, 2.75) is 122 Å². The summed E-state index contributed by atoms with van der Waals surface area (Å²) in [6.45, 7) is 12.6. The van der Waals surface area contributed by atoms with E-state index >= 15 is 13.2 Å². The molecular weight excluding hydrogens is 898 g/mol. The molecule has 5 rings (SSSR count).